The first-order valence-corrected chi connectivity index (χ1v) is 10.2. The zero-order chi connectivity index (χ0) is 22.0. The van der Waals surface area contributed by atoms with E-state index in [-0.39, 0.29) is 24.8 Å². The van der Waals surface area contributed by atoms with Gasteiger partial charge in [0.15, 0.2) is 23.1 Å². The van der Waals surface area contributed by atoms with E-state index in [1.54, 1.807) is 53.7 Å². The fourth-order valence-corrected chi connectivity index (χ4v) is 6.68. The van der Waals surface area contributed by atoms with Crippen LogP contribution in [0.25, 0.3) is 0 Å². The van der Waals surface area contributed by atoms with Gasteiger partial charge in [-0.2, -0.15) is 0 Å². The third kappa shape index (κ3) is 1.51. The third-order valence-corrected chi connectivity index (χ3v) is 8.44. The van der Waals surface area contributed by atoms with Crippen molar-refractivity contribution in [3.8, 4) is 0 Å². The van der Waals surface area contributed by atoms with E-state index in [4.69, 9.17) is 9.47 Å². The summed E-state index contributed by atoms with van der Waals surface area (Å²) in [5.74, 6) is -0.494. The van der Waals surface area contributed by atoms with Gasteiger partial charge in [-0.05, 0) is 76.0 Å². The van der Waals surface area contributed by atoms with E-state index in [1.807, 2.05) is 0 Å². The highest BCUT2D eigenvalue weighted by Crippen LogP contribution is 2.72. The Morgan fingerprint density at radius 2 is 1.00 bits per heavy atom. The SMILES string of the molecule is CC1=CC2=C(C)C(=O)[C@@]3(C)C(=O)[C@]2(CO1)[C@]1(C)C(=O)C(C)=C2C=C(C)OC[C@@]23C1=O. The minimum Gasteiger partial charge on any atom is -0.497 e. The predicted octanol–water partition coefficient (Wildman–Crippen LogP) is 2.79. The van der Waals surface area contributed by atoms with E-state index >= 15 is 0 Å². The molecule has 0 N–H and O–H groups in total. The Balaban J connectivity index is 2.03. The first-order valence-electron chi connectivity index (χ1n) is 10.2. The van der Waals surface area contributed by atoms with Crippen molar-refractivity contribution >= 4 is 23.1 Å². The van der Waals surface area contributed by atoms with Crippen molar-refractivity contribution in [1.29, 1.82) is 0 Å². The van der Waals surface area contributed by atoms with Gasteiger partial charge in [0.05, 0.1) is 11.5 Å². The van der Waals surface area contributed by atoms with Crippen LogP contribution < -0.4 is 0 Å². The van der Waals surface area contributed by atoms with Crippen LogP contribution in [-0.4, -0.2) is 36.3 Å². The molecule has 4 bridgehead atoms. The number of hydrogen-bond acceptors (Lipinski definition) is 6. The maximum absolute atomic E-state index is 14.3. The van der Waals surface area contributed by atoms with Crippen molar-refractivity contribution in [2.75, 3.05) is 13.2 Å². The second-order valence-corrected chi connectivity index (χ2v) is 9.54. The van der Waals surface area contributed by atoms with E-state index in [0.717, 1.165) is 0 Å². The second kappa shape index (κ2) is 5.10. The molecule has 2 aliphatic heterocycles. The smallest absolute Gasteiger partial charge is 0.173 e. The van der Waals surface area contributed by atoms with E-state index in [9.17, 15) is 19.2 Å². The zero-order valence-corrected chi connectivity index (χ0v) is 18.0. The number of rotatable bonds is 0. The van der Waals surface area contributed by atoms with Crippen molar-refractivity contribution < 1.29 is 28.7 Å². The molecule has 30 heavy (non-hydrogen) atoms. The molecule has 2 spiro atoms. The van der Waals surface area contributed by atoms with Gasteiger partial charge in [0.2, 0.25) is 0 Å². The highest BCUT2D eigenvalue weighted by molar-refractivity contribution is 6.35. The van der Waals surface area contributed by atoms with Crippen molar-refractivity contribution in [1.82, 2.24) is 0 Å². The molecule has 5 aliphatic rings. The normalized spacial score (nSPS) is 42.2. The summed E-state index contributed by atoms with van der Waals surface area (Å²) in [6.45, 7) is 9.69. The highest BCUT2D eigenvalue weighted by Gasteiger charge is 2.84. The van der Waals surface area contributed by atoms with E-state index < -0.39 is 33.2 Å². The molecule has 0 saturated heterocycles. The van der Waals surface area contributed by atoms with Crippen LogP contribution >= 0.6 is 0 Å². The summed E-state index contributed by atoms with van der Waals surface area (Å²) in [6.07, 6.45) is 3.29. The van der Waals surface area contributed by atoms with Crippen LogP contribution in [0.4, 0.5) is 0 Å². The van der Waals surface area contributed by atoms with Crippen LogP contribution in [0.3, 0.4) is 0 Å². The quantitative estimate of drug-likeness (QED) is 0.573. The standard InChI is InChI=1S/C24H24O6/c1-11-7-15-13(3)17(25)22(6)19(27)23(15,9-29-11)21(5)18(26)14(4)16-8-12(2)30-10-24(16,22)20(21)28/h7-8H,9-10H2,1-6H3/t21-,22+,23-,24+. The molecular formula is C24H24O6. The van der Waals surface area contributed by atoms with Gasteiger partial charge >= 0.3 is 0 Å². The van der Waals surface area contributed by atoms with Gasteiger partial charge in [-0.3, -0.25) is 19.2 Å². The van der Waals surface area contributed by atoms with Gasteiger partial charge < -0.3 is 9.47 Å². The number of hydrogen-bond donors (Lipinski definition) is 0. The molecule has 0 amide bonds. The third-order valence-electron chi connectivity index (χ3n) is 8.44. The molecule has 0 unspecified atom stereocenters. The van der Waals surface area contributed by atoms with Crippen LogP contribution in [0.2, 0.25) is 0 Å². The molecule has 5 rings (SSSR count). The average molecular weight is 408 g/mol. The van der Waals surface area contributed by atoms with Crippen LogP contribution in [-0.2, 0) is 28.7 Å². The number of ketones is 4. The Kier molecular flexibility index (Phi) is 3.27. The van der Waals surface area contributed by atoms with Crippen LogP contribution in [0.5, 0.6) is 0 Å². The predicted molar refractivity (Wildman–Crippen MR) is 106 cm³/mol. The van der Waals surface area contributed by atoms with Gasteiger partial charge in [-0.1, -0.05) is 0 Å². The van der Waals surface area contributed by atoms with Gasteiger partial charge in [0.25, 0.3) is 0 Å². The maximum Gasteiger partial charge on any atom is 0.173 e. The lowest BCUT2D eigenvalue weighted by atomic mass is 9.32. The lowest BCUT2D eigenvalue weighted by Crippen LogP contribution is -2.80. The lowest BCUT2D eigenvalue weighted by Gasteiger charge is -2.66. The molecule has 0 aromatic carbocycles. The Morgan fingerprint density at radius 1 is 0.667 bits per heavy atom. The first-order chi connectivity index (χ1) is 13.9. The van der Waals surface area contributed by atoms with Crippen LogP contribution in [0.15, 0.2) is 46.0 Å². The monoisotopic (exact) mass is 408 g/mol. The summed E-state index contributed by atoms with van der Waals surface area (Å²) in [5.41, 5.74) is -4.69. The van der Waals surface area contributed by atoms with Crippen LogP contribution in [0.1, 0.15) is 41.5 Å². The second-order valence-electron chi connectivity index (χ2n) is 9.54. The highest BCUT2D eigenvalue weighted by atomic mass is 16.5. The topological polar surface area (TPSA) is 86.7 Å². The molecule has 0 aromatic heterocycles. The van der Waals surface area contributed by atoms with Crippen molar-refractivity contribution in [3.63, 3.8) is 0 Å². The molecule has 6 nitrogen and oxygen atoms in total. The Bertz CT molecular complexity index is 1060. The summed E-state index contributed by atoms with van der Waals surface area (Å²) in [5, 5.41) is 0. The van der Waals surface area contributed by atoms with Crippen molar-refractivity contribution in [2.24, 2.45) is 21.7 Å². The molecule has 3 aliphatic carbocycles. The number of fused-ring (bicyclic) bond motifs is 2. The van der Waals surface area contributed by atoms with Gasteiger partial charge in [-0.25, -0.2) is 0 Å². The minimum absolute atomic E-state index is 0.133. The Hall–Kier alpha value is -2.76. The van der Waals surface area contributed by atoms with Gasteiger partial charge in [-0.15, -0.1) is 0 Å². The molecule has 156 valence electrons. The fourth-order valence-electron chi connectivity index (χ4n) is 6.68. The molecule has 4 atom stereocenters. The summed E-state index contributed by atoms with van der Waals surface area (Å²) in [4.78, 5) is 56.3. The van der Waals surface area contributed by atoms with Gasteiger partial charge in [0, 0.05) is 0 Å². The molecule has 1 saturated carbocycles. The molecular weight excluding hydrogens is 384 g/mol. The van der Waals surface area contributed by atoms with Crippen molar-refractivity contribution in [3.05, 3.63) is 46.0 Å². The molecule has 0 aromatic rings. The summed E-state index contributed by atoms with van der Waals surface area (Å²) in [7, 11) is 0. The van der Waals surface area contributed by atoms with E-state index in [1.165, 1.54) is 0 Å². The number of ether oxygens (including phenoxy) is 2. The number of allylic oxidation sites excluding steroid dienone is 6. The minimum atomic E-state index is -1.67. The first kappa shape index (κ1) is 19.2. The maximum atomic E-state index is 14.3. The number of carbonyl (C=O) groups excluding carboxylic acids is 4. The Morgan fingerprint density at radius 3 is 1.33 bits per heavy atom. The fraction of sp³-hybridized carbons (Fsp3) is 0.500. The summed E-state index contributed by atoms with van der Waals surface area (Å²) in [6, 6.07) is 0. The van der Waals surface area contributed by atoms with Crippen molar-refractivity contribution in [2.45, 2.75) is 41.5 Å². The molecule has 1 fully saturated rings. The van der Waals surface area contributed by atoms with Crippen LogP contribution in [0, 0.1) is 21.7 Å². The number of carbonyl (C=O) groups is 4. The van der Waals surface area contributed by atoms with E-state index in [0.29, 0.717) is 33.8 Å². The largest absolute Gasteiger partial charge is 0.497 e. The van der Waals surface area contributed by atoms with E-state index in [2.05, 4.69) is 0 Å². The lowest BCUT2D eigenvalue weighted by molar-refractivity contribution is -0.193. The molecule has 6 heteroatoms. The number of Topliss-reactive ketones (excluding diaryl/α,β-unsaturated/α-hetero) is 4. The summed E-state index contributed by atoms with van der Waals surface area (Å²) < 4.78 is 11.6. The summed E-state index contributed by atoms with van der Waals surface area (Å²) >= 11 is 0. The average Bonchev–Trinajstić information content (AvgIpc) is 2.72. The zero-order valence-electron chi connectivity index (χ0n) is 18.0. The Labute approximate surface area is 174 Å². The molecule has 0 radical (unpaired) electrons. The molecule has 2 heterocycles. The van der Waals surface area contributed by atoms with Gasteiger partial charge in [0.1, 0.15) is 34.9 Å².